The lowest BCUT2D eigenvalue weighted by molar-refractivity contribution is -0.141. The summed E-state index contributed by atoms with van der Waals surface area (Å²) in [5, 5.41) is 8.97. The summed E-state index contributed by atoms with van der Waals surface area (Å²) in [4.78, 5) is 23.0. The number of carbonyl (C=O) groups is 2. The SMILES string of the molecule is CCOC(=O)CNC(=S)Nc1cc2c(cc1OC)NC(=O)CCC2. The van der Waals surface area contributed by atoms with Gasteiger partial charge < -0.3 is 25.4 Å². The Kier molecular flexibility index (Phi) is 6.36. The zero-order chi connectivity index (χ0) is 17.5. The average molecular weight is 351 g/mol. The molecule has 1 aromatic rings. The summed E-state index contributed by atoms with van der Waals surface area (Å²) in [6, 6.07) is 3.67. The lowest BCUT2D eigenvalue weighted by Gasteiger charge is -2.16. The number of carbonyl (C=O) groups excluding carboxylic acids is 2. The molecule has 2 rings (SSSR count). The van der Waals surface area contributed by atoms with Crippen LogP contribution in [0.4, 0.5) is 11.4 Å². The number of fused-ring (bicyclic) bond motifs is 1. The van der Waals surface area contributed by atoms with Crippen LogP contribution in [-0.4, -0.2) is 37.3 Å². The Morgan fingerprint density at radius 3 is 2.88 bits per heavy atom. The summed E-state index contributed by atoms with van der Waals surface area (Å²) >= 11 is 5.19. The van der Waals surface area contributed by atoms with Gasteiger partial charge in [-0.2, -0.15) is 0 Å². The molecule has 0 aliphatic carbocycles. The maximum Gasteiger partial charge on any atom is 0.325 e. The Morgan fingerprint density at radius 2 is 2.17 bits per heavy atom. The summed E-state index contributed by atoms with van der Waals surface area (Å²) in [5.41, 5.74) is 2.44. The van der Waals surface area contributed by atoms with Crippen molar-refractivity contribution in [3.63, 3.8) is 0 Å². The number of nitrogens with one attached hydrogen (secondary N) is 3. The molecule has 0 saturated carbocycles. The predicted molar refractivity (Wildman–Crippen MR) is 95.4 cm³/mol. The normalized spacial score (nSPS) is 13.2. The first-order valence-electron chi connectivity index (χ1n) is 7.74. The third kappa shape index (κ3) is 4.82. The topological polar surface area (TPSA) is 88.7 Å². The molecular weight excluding hydrogens is 330 g/mol. The van der Waals surface area contributed by atoms with Gasteiger partial charge in [0.25, 0.3) is 0 Å². The van der Waals surface area contributed by atoms with Gasteiger partial charge in [-0.3, -0.25) is 9.59 Å². The number of amides is 1. The number of hydrogen-bond acceptors (Lipinski definition) is 5. The van der Waals surface area contributed by atoms with E-state index in [2.05, 4.69) is 16.0 Å². The lowest BCUT2D eigenvalue weighted by Crippen LogP contribution is -2.34. The summed E-state index contributed by atoms with van der Waals surface area (Å²) in [7, 11) is 1.54. The van der Waals surface area contributed by atoms with Gasteiger partial charge in [0.1, 0.15) is 12.3 Å². The van der Waals surface area contributed by atoms with E-state index in [1.807, 2.05) is 6.07 Å². The average Bonchev–Trinajstić information content (AvgIpc) is 2.72. The lowest BCUT2D eigenvalue weighted by atomic mass is 10.1. The minimum atomic E-state index is -0.377. The summed E-state index contributed by atoms with van der Waals surface area (Å²) in [6.07, 6.45) is 2.07. The minimum Gasteiger partial charge on any atom is -0.494 e. The fourth-order valence-electron chi connectivity index (χ4n) is 2.40. The van der Waals surface area contributed by atoms with E-state index in [9.17, 15) is 9.59 Å². The standard InChI is InChI=1S/C16H21N3O4S/c1-3-23-15(21)9-17-16(24)19-12-7-10-5-4-6-14(20)18-11(10)8-13(12)22-2/h7-8H,3-6,9H2,1-2H3,(H,18,20)(H2,17,19,24). The highest BCUT2D eigenvalue weighted by Crippen LogP contribution is 2.33. The molecule has 8 heteroatoms. The number of anilines is 2. The van der Waals surface area contributed by atoms with Gasteiger partial charge in [-0.15, -0.1) is 0 Å². The molecule has 1 aliphatic heterocycles. The Hall–Kier alpha value is -2.35. The van der Waals surface area contributed by atoms with Gasteiger partial charge in [0.2, 0.25) is 5.91 Å². The van der Waals surface area contributed by atoms with Crippen LogP contribution in [0.3, 0.4) is 0 Å². The van der Waals surface area contributed by atoms with Gasteiger partial charge in [-0.05, 0) is 43.6 Å². The Balaban J connectivity index is 2.09. The molecule has 0 fully saturated rings. The van der Waals surface area contributed by atoms with Crippen molar-refractivity contribution < 1.29 is 19.1 Å². The maximum atomic E-state index is 11.7. The van der Waals surface area contributed by atoms with Crippen molar-refractivity contribution in [3.8, 4) is 5.75 Å². The van der Waals surface area contributed by atoms with E-state index in [1.54, 1.807) is 20.1 Å². The minimum absolute atomic E-state index is 0.00290. The first kappa shape index (κ1) is 18.0. The molecule has 1 heterocycles. The van der Waals surface area contributed by atoms with Gasteiger partial charge in [0.15, 0.2) is 5.11 Å². The fourth-order valence-corrected chi connectivity index (χ4v) is 2.58. The molecule has 0 radical (unpaired) electrons. The molecule has 130 valence electrons. The zero-order valence-electron chi connectivity index (χ0n) is 13.7. The molecule has 0 atom stereocenters. The van der Waals surface area contributed by atoms with Crippen molar-refractivity contribution >= 4 is 40.6 Å². The van der Waals surface area contributed by atoms with Gasteiger partial charge in [-0.1, -0.05) is 0 Å². The first-order valence-corrected chi connectivity index (χ1v) is 8.15. The Morgan fingerprint density at radius 1 is 1.38 bits per heavy atom. The molecule has 1 amide bonds. The van der Waals surface area contributed by atoms with Gasteiger partial charge in [0.05, 0.1) is 19.4 Å². The number of esters is 1. The van der Waals surface area contributed by atoms with E-state index in [0.29, 0.717) is 29.6 Å². The number of hydrogen-bond donors (Lipinski definition) is 3. The molecule has 1 aliphatic rings. The van der Waals surface area contributed by atoms with E-state index in [1.165, 1.54) is 0 Å². The molecule has 1 aromatic carbocycles. The number of aryl methyl sites for hydroxylation is 1. The molecule has 0 unspecified atom stereocenters. The highest BCUT2D eigenvalue weighted by atomic mass is 32.1. The predicted octanol–water partition coefficient (Wildman–Crippen LogP) is 1.82. The van der Waals surface area contributed by atoms with Crippen molar-refractivity contribution in [3.05, 3.63) is 17.7 Å². The molecule has 3 N–H and O–H groups in total. The molecule has 0 bridgehead atoms. The Labute approximate surface area is 146 Å². The van der Waals surface area contributed by atoms with Crippen molar-refractivity contribution in [1.82, 2.24) is 5.32 Å². The van der Waals surface area contributed by atoms with Crippen LogP contribution in [0.1, 0.15) is 25.3 Å². The second-order valence-electron chi connectivity index (χ2n) is 5.22. The molecule has 7 nitrogen and oxygen atoms in total. The highest BCUT2D eigenvalue weighted by molar-refractivity contribution is 7.80. The fraction of sp³-hybridized carbons (Fsp3) is 0.438. The van der Waals surface area contributed by atoms with Crippen LogP contribution in [0.15, 0.2) is 12.1 Å². The summed E-state index contributed by atoms with van der Waals surface area (Å²) in [6.45, 7) is 2.06. The van der Waals surface area contributed by atoms with Crippen LogP contribution in [0.5, 0.6) is 5.75 Å². The van der Waals surface area contributed by atoms with Crippen molar-refractivity contribution in [2.45, 2.75) is 26.2 Å². The van der Waals surface area contributed by atoms with Gasteiger partial charge in [0, 0.05) is 18.2 Å². The Bertz CT molecular complexity index is 648. The zero-order valence-corrected chi connectivity index (χ0v) is 14.5. The smallest absolute Gasteiger partial charge is 0.325 e. The van der Waals surface area contributed by atoms with Crippen LogP contribution < -0.4 is 20.7 Å². The maximum absolute atomic E-state index is 11.7. The van der Waals surface area contributed by atoms with Crippen LogP contribution in [0.2, 0.25) is 0 Å². The van der Waals surface area contributed by atoms with Gasteiger partial charge >= 0.3 is 5.97 Å². The summed E-state index contributed by atoms with van der Waals surface area (Å²) in [5.74, 6) is 0.178. The molecule has 24 heavy (non-hydrogen) atoms. The van der Waals surface area contributed by atoms with E-state index >= 15 is 0 Å². The van der Waals surface area contributed by atoms with E-state index < -0.39 is 0 Å². The van der Waals surface area contributed by atoms with Gasteiger partial charge in [-0.25, -0.2) is 0 Å². The molecule has 0 spiro atoms. The van der Waals surface area contributed by atoms with Crippen molar-refractivity contribution in [2.75, 3.05) is 30.9 Å². The van der Waals surface area contributed by atoms with Crippen LogP contribution in [-0.2, 0) is 20.7 Å². The monoisotopic (exact) mass is 351 g/mol. The number of rotatable bonds is 5. The van der Waals surface area contributed by atoms with Crippen LogP contribution >= 0.6 is 12.2 Å². The summed E-state index contributed by atoms with van der Waals surface area (Å²) < 4.78 is 10.2. The third-order valence-corrected chi connectivity index (χ3v) is 3.74. The number of methoxy groups -OCH3 is 1. The number of thiocarbonyl (C=S) groups is 1. The number of benzene rings is 1. The largest absolute Gasteiger partial charge is 0.494 e. The second kappa shape index (κ2) is 8.49. The van der Waals surface area contributed by atoms with Crippen LogP contribution in [0.25, 0.3) is 0 Å². The van der Waals surface area contributed by atoms with Crippen LogP contribution in [0, 0.1) is 0 Å². The van der Waals surface area contributed by atoms with Crippen molar-refractivity contribution in [2.24, 2.45) is 0 Å². The first-order chi connectivity index (χ1) is 11.5. The van der Waals surface area contributed by atoms with E-state index in [-0.39, 0.29) is 18.4 Å². The molecule has 0 aromatic heterocycles. The molecular formula is C16H21N3O4S. The quantitative estimate of drug-likeness (QED) is 0.551. The van der Waals surface area contributed by atoms with E-state index in [4.69, 9.17) is 21.7 Å². The van der Waals surface area contributed by atoms with Crippen molar-refractivity contribution in [1.29, 1.82) is 0 Å². The second-order valence-corrected chi connectivity index (χ2v) is 5.63. The highest BCUT2D eigenvalue weighted by Gasteiger charge is 2.17. The third-order valence-electron chi connectivity index (χ3n) is 3.50. The number of ether oxygens (including phenoxy) is 2. The molecule has 0 saturated heterocycles. The van der Waals surface area contributed by atoms with E-state index in [0.717, 1.165) is 24.1 Å².